The van der Waals surface area contributed by atoms with Crippen LogP contribution in [0.4, 0.5) is 0 Å². The molecule has 1 aromatic rings. The predicted octanol–water partition coefficient (Wildman–Crippen LogP) is 1.70. The molecule has 1 fully saturated rings. The van der Waals surface area contributed by atoms with Crippen molar-refractivity contribution in [2.45, 2.75) is 32.7 Å². The Morgan fingerprint density at radius 2 is 2.11 bits per heavy atom. The van der Waals surface area contributed by atoms with Gasteiger partial charge in [0.15, 0.2) is 0 Å². The normalized spacial score (nSPS) is 19.9. The summed E-state index contributed by atoms with van der Waals surface area (Å²) in [4.78, 5) is 23.2. The first kappa shape index (κ1) is 13.6. The summed E-state index contributed by atoms with van der Waals surface area (Å²) in [5, 5.41) is 5.72. The number of hydrogen-bond donors (Lipinski definition) is 2. The number of benzene rings is 1. The van der Waals surface area contributed by atoms with Gasteiger partial charge in [0.25, 0.3) is 0 Å². The Labute approximate surface area is 113 Å². The summed E-state index contributed by atoms with van der Waals surface area (Å²) in [7, 11) is 0. The topological polar surface area (TPSA) is 58.2 Å². The summed E-state index contributed by atoms with van der Waals surface area (Å²) in [6.45, 7) is 4.54. The molecule has 0 bridgehead atoms. The van der Waals surface area contributed by atoms with Crippen molar-refractivity contribution in [3.05, 3.63) is 35.4 Å². The Hall–Kier alpha value is -1.84. The van der Waals surface area contributed by atoms with Crippen LogP contribution in [0.1, 0.15) is 36.9 Å². The molecule has 2 unspecified atom stereocenters. The molecule has 2 N–H and O–H groups in total. The second-order valence-corrected chi connectivity index (χ2v) is 5.09. The van der Waals surface area contributed by atoms with E-state index < -0.39 is 0 Å². The lowest BCUT2D eigenvalue weighted by Gasteiger charge is -2.19. The summed E-state index contributed by atoms with van der Waals surface area (Å²) in [6, 6.07) is 8.20. The van der Waals surface area contributed by atoms with Crippen molar-refractivity contribution >= 4 is 11.8 Å². The van der Waals surface area contributed by atoms with Gasteiger partial charge in [-0.05, 0) is 18.9 Å². The highest BCUT2D eigenvalue weighted by Gasteiger charge is 2.29. The lowest BCUT2D eigenvalue weighted by molar-refractivity contribution is -0.127. The van der Waals surface area contributed by atoms with Crippen molar-refractivity contribution in [1.82, 2.24) is 10.6 Å². The van der Waals surface area contributed by atoms with E-state index in [1.165, 1.54) is 5.56 Å². The molecule has 4 heteroatoms. The van der Waals surface area contributed by atoms with Gasteiger partial charge >= 0.3 is 0 Å². The molecule has 102 valence electrons. The van der Waals surface area contributed by atoms with Gasteiger partial charge < -0.3 is 10.6 Å². The second kappa shape index (κ2) is 5.87. The van der Waals surface area contributed by atoms with Crippen LogP contribution in [-0.4, -0.2) is 18.4 Å². The molecule has 4 nitrogen and oxygen atoms in total. The molecule has 2 rings (SSSR count). The number of rotatable bonds is 4. The van der Waals surface area contributed by atoms with Crippen LogP contribution in [-0.2, 0) is 9.59 Å². The minimum Gasteiger partial charge on any atom is -0.355 e. The Morgan fingerprint density at radius 3 is 2.63 bits per heavy atom. The SMILES string of the molecule is CCC(NC(=O)C1CNC(=O)C1)c1ccc(C)cc1. The minimum absolute atomic E-state index is 0.0174. The quantitative estimate of drug-likeness (QED) is 0.865. The lowest BCUT2D eigenvalue weighted by Crippen LogP contribution is -2.34. The third kappa shape index (κ3) is 3.34. The molecule has 1 saturated heterocycles. The van der Waals surface area contributed by atoms with Gasteiger partial charge in [-0.2, -0.15) is 0 Å². The fraction of sp³-hybridized carbons (Fsp3) is 0.467. The van der Waals surface area contributed by atoms with E-state index in [0.717, 1.165) is 12.0 Å². The van der Waals surface area contributed by atoms with Crippen LogP contribution >= 0.6 is 0 Å². The highest BCUT2D eigenvalue weighted by molar-refractivity contribution is 5.89. The summed E-state index contributed by atoms with van der Waals surface area (Å²) >= 11 is 0. The Kier molecular flexibility index (Phi) is 4.20. The van der Waals surface area contributed by atoms with Crippen molar-refractivity contribution in [1.29, 1.82) is 0 Å². The van der Waals surface area contributed by atoms with Gasteiger partial charge in [-0.3, -0.25) is 9.59 Å². The van der Waals surface area contributed by atoms with Gasteiger partial charge in [-0.1, -0.05) is 36.8 Å². The van der Waals surface area contributed by atoms with Crippen LogP contribution in [0.15, 0.2) is 24.3 Å². The zero-order valence-electron chi connectivity index (χ0n) is 11.4. The molecule has 1 aliphatic heterocycles. The van der Waals surface area contributed by atoms with Gasteiger partial charge in [0, 0.05) is 13.0 Å². The molecule has 1 heterocycles. The fourth-order valence-corrected chi connectivity index (χ4v) is 2.30. The maximum Gasteiger partial charge on any atom is 0.225 e. The summed E-state index contributed by atoms with van der Waals surface area (Å²) in [5.41, 5.74) is 2.31. The third-order valence-corrected chi connectivity index (χ3v) is 3.55. The lowest BCUT2D eigenvalue weighted by atomic mass is 10.0. The molecule has 0 radical (unpaired) electrons. The van der Waals surface area contributed by atoms with Gasteiger partial charge in [-0.25, -0.2) is 0 Å². The first-order valence-electron chi connectivity index (χ1n) is 6.73. The standard InChI is InChI=1S/C15H20N2O2/c1-3-13(11-6-4-10(2)5-7-11)17-15(19)12-8-14(18)16-9-12/h4-7,12-13H,3,8-9H2,1-2H3,(H,16,18)(H,17,19). The first-order chi connectivity index (χ1) is 9.10. The predicted molar refractivity (Wildman–Crippen MR) is 73.5 cm³/mol. The van der Waals surface area contributed by atoms with E-state index in [1.54, 1.807) is 0 Å². The average molecular weight is 260 g/mol. The van der Waals surface area contributed by atoms with E-state index in [-0.39, 0.29) is 23.8 Å². The number of hydrogen-bond acceptors (Lipinski definition) is 2. The number of amides is 2. The molecule has 0 aliphatic carbocycles. The minimum atomic E-state index is -0.230. The molecular formula is C15H20N2O2. The van der Waals surface area contributed by atoms with Crippen molar-refractivity contribution in [3.63, 3.8) is 0 Å². The molecular weight excluding hydrogens is 240 g/mol. The van der Waals surface area contributed by atoms with E-state index in [2.05, 4.69) is 10.6 Å². The smallest absolute Gasteiger partial charge is 0.225 e. The maximum atomic E-state index is 12.1. The highest BCUT2D eigenvalue weighted by atomic mass is 16.2. The van der Waals surface area contributed by atoms with Crippen molar-refractivity contribution < 1.29 is 9.59 Å². The Balaban J connectivity index is 2.00. The van der Waals surface area contributed by atoms with Crippen molar-refractivity contribution in [3.8, 4) is 0 Å². The monoisotopic (exact) mass is 260 g/mol. The third-order valence-electron chi connectivity index (χ3n) is 3.55. The van der Waals surface area contributed by atoms with Crippen LogP contribution in [0.25, 0.3) is 0 Å². The summed E-state index contributed by atoms with van der Waals surface area (Å²) in [5.74, 6) is -0.304. The number of carbonyl (C=O) groups is 2. The van der Waals surface area contributed by atoms with Crippen LogP contribution in [0.5, 0.6) is 0 Å². The van der Waals surface area contributed by atoms with Crippen LogP contribution in [0.3, 0.4) is 0 Å². The van der Waals surface area contributed by atoms with Gasteiger partial charge in [-0.15, -0.1) is 0 Å². The molecule has 2 atom stereocenters. The fourth-order valence-electron chi connectivity index (χ4n) is 2.30. The molecule has 0 aromatic heterocycles. The Morgan fingerprint density at radius 1 is 1.42 bits per heavy atom. The zero-order valence-corrected chi connectivity index (χ0v) is 11.4. The summed E-state index contributed by atoms with van der Waals surface area (Å²) < 4.78 is 0. The van der Waals surface area contributed by atoms with E-state index >= 15 is 0 Å². The zero-order chi connectivity index (χ0) is 13.8. The highest BCUT2D eigenvalue weighted by Crippen LogP contribution is 2.19. The van der Waals surface area contributed by atoms with E-state index in [4.69, 9.17) is 0 Å². The van der Waals surface area contributed by atoms with E-state index in [1.807, 2.05) is 38.1 Å². The second-order valence-electron chi connectivity index (χ2n) is 5.09. The number of carbonyl (C=O) groups excluding carboxylic acids is 2. The maximum absolute atomic E-state index is 12.1. The average Bonchev–Trinajstić information content (AvgIpc) is 2.84. The largest absolute Gasteiger partial charge is 0.355 e. The van der Waals surface area contributed by atoms with Gasteiger partial charge in [0.05, 0.1) is 12.0 Å². The molecule has 1 aromatic carbocycles. The number of nitrogens with one attached hydrogen (secondary N) is 2. The molecule has 1 aliphatic rings. The van der Waals surface area contributed by atoms with Crippen molar-refractivity contribution in [2.24, 2.45) is 5.92 Å². The Bertz CT molecular complexity index is 468. The van der Waals surface area contributed by atoms with E-state index in [9.17, 15) is 9.59 Å². The molecule has 0 spiro atoms. The van der Waals surface area contributed by atoms with Gasteiger partial charge in [0.1, 0.15) is 0 Å². The van der Waals surface area contributed by atoms with Crippen LogP contribution in [0.2, 0.25) is 0 Å². The number of aryl methyl sites for hydroxylation is 1. The first-order valence-corrected chi connectivity index (χ1v) is 6.73. The van der Waals surface area contributed by atoms with E-state index in [0.29, 0.717) is 13.0 Å². The van der Waals surface area contributed by atoms with Crippen LogP contribution in [0, 0.1) is 12.8 Å². The molecule has 0 saturated carbocycles. The van der Waals surface area contributed by atoms with Crippen LogP contribution < -0.4 is 10.6 Å². The van der Waals surface area contributed by atoms with Crippen molar-refractivity contribution in [2.75, 3.05) is 6.54 Å². The molecule has 19 heavy (non-hydrogen) atoms. The molecule has 2 amide bonds. The summed E-state index contributed by atoms with van der Waals surface area (Å²) in [6.07, 6.45) is 1.14. The van der Waals surface area contributed by atoms with Gasteiger partial charge in [0.2, 0.25) is 11.8 Å².